The summed E-state index contributed by atoms with van der Waals surface area (Å²) in [7, 11) is 0. The molecule has 0 radical (unpaired) electrons. The molecule has 0 saturated heterocycles. The maximum absolute atomic E-state index is 13.0. The third-order valence-electron chi connectivity index (χ3n) is 7.14. The maximum atomic E-state index is 13.0. The topological polar surface area (TPSA) is 105 Å². The zero-order chi connectivity index (χ0) is 24.1. The van der Waals surface area contributed by atoms with Gasteiger partial charge in [-0.15, -0.1) is 0 Å². The fourth-order valence-electron chi connectivity index (χ4n) is 5.28. The van der Waals surface area contributed by atoms with Gasteiger partial charge in [0.15, 0.2) is 0 Å². The number of carbonyl (C=O) groups excluding carboxylic acids is 2. The highest BCUT2D eigenvalue weighted by atomic mass is 16.5. The summed E-state index contributed by atoms with van der Waals surface area (Å²) in [5.41, 5.74) is 3.80. The number of benzene rings is 2. The van der Waals surface area contributed by atoms with E-state index in [9.17, 15) is 19.5 Å². The van der Waals surface area contributed by atoms with Crippen molar-refractivity contribution in [2.45, 2.75) is 57.4 Å². The Morgan fingerprint density at radius 3 is 2.18 bits per heavy atom. The smallest absolute Gasteiger partial charge is 0.407 e. The van der Waals surface area contributed by atoms with Crippen molar-refractivity contribution in [1.29, 1.82) is 0 Å². The van der Waals surface area contributed by atoms with Gasteiger partial charge in [0.05, 0.1) is 5.41 Å². The number of amides is 2. The van der Waals surface area contributed by atoms with E-state index >= 15 is 0 Å². The summed E-state index contributed by atoms with van der Waals surface area (Å²) in [6, 6.07) is 15.4. The number of nitrogens with one attached hydrogen (secondary N) is 2. The lowest BCUT2D eigenvalue weighted by molar-refractivity contribution is -0.144. The lowest BCUT2D eigenvalue weighted by Crippen LogP contribution is -2.51. The van der Waals surface area contributed by atoms with E-state index in [1.165, 1.54) is 0 Å². The van der Waals surface area contributed by atoms with Gasteiger partial charge in [0.2, 0.25) is 5.91 Å². The molecule has 0 aliphatic heterocycles. The number of rotatable bonds is 9. The predicted molar refractivity (Wildman–Crippen MR) is 128 cm³/mol. The van der Waals surface area contributed by atoms with Crippen LogP contribution in [0.2, 0.25) is 0 Å². The lowest BCUT2D eigenvalue weighted by atomic mass is 9.84. The lowest BCUT2D eigenvalue weighted by Gasteiger charge is -2.29. The van der Waals surface area contributed by atoms with E-state index in [2.05, 4.69) is 34.9 Å². The van der Waals surface area contributed by atoms with E-state index in [-0.39, 0.29) is 25.0 Å². The zero-order valence-corrected chi connectivity index (χ0v) is 19.5. The van der Waals surface area contributed by atoms with Crippen molar-refractivity contribution < 1.29 is 24.2 Å². The molecule has 0 heterocycles. The van der Waals surface area contributed by atoms with Crippen LogP contribution in [0.15, 0.2) is 48.5 Å². The van der Waals surface area contributed by atoms with Gasteiger partial charge in [-0.3, -0.25) is 4.79 Å². The largest absolute Gasteiger partial charge is 0.480 e. The minimum absolute atomic E-state index is 0.0349. The number of ether oxygens (including phenoxy) is 1. The first kappa shape index (κ1) is 23.8. The Labute approximate surface area is 199 Å². The molecule has 34 heavy (non-hydrogen) atoms. The minimum Gasteiger partial charge on any atom is -0.480 e. The van der Waals surface area contributed by atoms with Crippen LogP contribution in [-0.4, -0.2) is 42.3 Å². The molecule has 0 spiro atoms. The van der Waals surface area contributed by atoms with Gasteiger partial charge in [-0.25, -0.2) is 9.59 Å². The highest BCUT2D eigenvalue weighted by molar-refractivity contribution is 5.88. The number of hydrogen-bond acceptors (Lipinski definition) is 4. The second-order valence-corrected chi connectivity index (χ2v) is 9.32. The Kier molecular flexibility index (Phi) is 7.20. The molecule has 7 heteroatoms. The molecule has 3 N–H and O–H groups in total. The Morgan fingerprint density at radius 1 is 1.03 bits per heavy atom. The fourth-order valence-corrected chi connectivity index (χ4v) is 5.28. The Morgan fingerprint density at radius 2 is 1.62 bits per heavy atom. The van der Waals surface area contributed by atoms with Crippen LogP contribution in [0.1, 0.15) is 62.5 Å². The van der Waals surface area contributed by atoms with Gasteiger partial charge in [-0.1, -0.05) is 74.7 Å². The summed E-state index contributed by atoms with van der Waals surface area (Å²) in [4.78, 5) is 37.2. The molecule has 0 unspecified atom stereocenters. The number of carboxylic acids is 1. The van der Waals surface area contributed by atoms with E-state index in [0.29, 0.717) is 25.7 Å². The molecular formula is C27H32N2O5. The highest BCUT2D eigenvalue weighted by Crippen LogP contribution is 2.44. The molecule has 2 aliphatic rings. The van der Waals surface area contributed by atoms with Crippen LogP contribution < -0.4 is 10.6 Å². The SMILES string of the molecule is CCC[C@@H](NC(=O)C1(CNC(=O)OCC2c3ccccc3-c3ccccc32)CCCC1)C(=O)O. The molecule has 7 nitrogen and oxygen atoms in total. The molecule has 2 aromatic rings. The van der Waals surface area contributed by atoms with Crippen molar-refractivity contribution in [2.24, 2.45) is 5.41 Å². The van der Waals surface area contributed by atoms with Gasteiger partial charge in [0.1, 0.15) is 12.6 Å². The van der Waals surface area contributed by atoms with Gasteiger partial charge >= 0.3 is 12.1 Å². The van der Waals surface area contributed by atoms with E-state index in [1.807, 2.05) is 31.2 Å². The first-order chi connectivity index (χ1) is 16.4. The third-order valence-corrected chi connectivity index (χ3v) is 7.14. The standard InChI is InChI=1S/C27H32N2O5/c1-2-9-23(24(30)31)29-25(32)27(14-7-8-15-27)17-28-26(33)34-16-22-20-12-5-3-10-18(20)19-11-4-6-13-21(19)22/h3-6,10-13,22-23H,2,7-9,14-17H2,1H3,(H,28,33)(H,29,32)(H,30,31)/t23-/m1/s1. The Hall–Kier alpha value is -3.35. The summed E-state index contributed by atoms with van der Waals surface area (Å²) >= 11 is 0. The normalized spacial score (nSPS) is 16.9. The Balaban J connectivity index is 1.37. The molecule has 2 amide bonds. The molecule has 1 atom stereocenters. The second kappa shape index (κ2) is 10.3. The summed E-state index contributed by atoms with van der Waals surface area (Å²) in [6.45, 7) is 2.22. The van der Waals surface area contributed by atoms with Crippen molar-refractivity contribution in [3.63, 3.8) is 0 Å². The molecule has 4 rings (SSSR count). The average molecular weight is 465 g/mol. The number of carbonyl (C=O) groups is 3. The van der Waals surface area contributed by atoms with Crippen LogP contribution in [0.4, 0.5) is 4.79 Å². The zero-order valence-electron chi connectivity index (χ0n) is 19.5. The fraction of sp³-hybridized carbons (Fsp3) is 0.444. The van der Waals surface area contributed by atoms with Crippen LogP contribution in [0.5, 0.6) is 0 Å². The van der Waals surface area contributed by atoms with Crippen molar-refractivity contribution in [3.05, 3.63) is 59.7 Å². The molecule has 1 fully saturated rings. The van der Waals surface area contributed by atoms with E-state index in [0.717, 1.165) is 35.1 Å². The number of carboxylic acid groups (broad SMARTS) is 1. The van der Waals surface area contributed by atoms with Crippen molar-refractivity contribution in [2.75, 3.05) is 13.2 Å². The third kappa shape index (κ3) is 4.79. The number of aliphatic carboxylic acids is 1. The molecule has 0 aromatic heterocycles. The molecule has 0 bridgehead atoms. The molecule has 2 aromatic carbocycles. The highest BCUT2D eigenvalue weighted by Gasteiger charge is 2.42. The summed E-state index contributed by atoms with van der Waals surface area (Å²) in [5, 5.41) is 14.9. The minimum atomic E-state index is -1.03. The quantitative estimate of drug-likeness (QED) is 0.508. The maximum Gasteiger partial charge on any atom is 0.407 e. The average Bonchev–Trinajstić information content (AvgIpc) is 3.45. The van der Waals surface area contributed by atoms with Crippen molar-refractivity contribution >= 4 is 18.0 Å². The van der Waals surface area contributed by atoms with Crippen LogP contribution in [-0.2, 0) is 14.3 Å². The number of hydrogen-bond donors (Lipinski definition) is 3. The van der Waals surface area contributed by atoms with E-state index in [4.69, 9.17) is 4.74 Å². The van der Waals surface area contributed by atoms with Crippen LogP contribution in [0, 0.1) is 5.41 Å². The second-order valence-electron chi connectivity index (χ2n) is 9.32. The van der Waals surface area contributed by atoms with Gasteiger partial charge in [0, 0.05) is 12.5 Å². The van der Waals surface area contributed by atoms with E-state index < -0.39 is 23.5 Å². The summed E-state index contributed by atoms with van der Waals surface area (Å²) < 4.78 is 5.61. The molecular weight excluding hydrogens is 432 g/mol. The molecule has 2 aliphatic carbocycles. The van der Waals surface area contributed by atoms with Gasteiger partial charge in [-0.05, 0) is 41.5 Å². The molecule has 1 saturated carbocycles. The van der Waals surface area contributed by atoms with Gasteiger partial charge in [0.25, 0.3) is 0 Å². The van der Waals surface area contributed by atoms with Crippen molar-refractivity contribution in [1.82, 2.24) is 10.6 Å². The monoisotopic (exact) mass is 464 g/mol. The van der Waals surface area contributed by atoms with Gasteiger partial charge in [-0.2, -0.15) is 0 Å². The Bertz CT molecular complexity index is 1010. The van der Waals surface area contributed by atoms with Crippen LogP contribution >= 0.6 is 0 Å². The molecule has 180 valence electrons. The number of alkyl carbamates (subject to hydrolysis) is 1. The first-order valence-corrected chi connectivity index (χ1v) is 12.1. The first-order valence-electron chi connectivity index (χ1n) is 12.1. The van der Waals surface area contributed by atoms with Crippen LogP contribution in [0.3, 0.4) is 0 Å². The van der Waals surface area contributed by atoms with Crippen molar-refractivity contribution in [3.8, 4) is 11.1 Å². The van der Waals surface area contributed by atoms with E-state index in [1.54, 1.807) is 0 Å². The summed E-state index contributed by atoms with van der Waals surface area (Å²) in [6.07, 6.45) is 3.42. The van der Waals surface area contributed by atoms with Gasteiger partial charge < -0.3 is 20.5 Å². The summed E-state index contributed by atoms with van der Waals surface area (Å²) in [5.74, 6) is -1.37. The number of fused-ring (bicyclic) bond motifs is 3. The van der Waals surface area contributed by atoms with Crippen LogP contribution in [0.25, 0.3) is 11.1 Å². The predicted octanol–water partition coefficient (Wildman–Crippen LogP) is 4.46.